The molecule has 0 rings (SSSR count). The zero-order valence-electron chi connectivity index (χ0n) is 46.1. The molecule has 0 heterocycles. The van der Waals surface area contributed by atoms with Crippen molar-refractivity contribution in [2.45, 2.75) is 239 Å². The van der Waals surface area contributed by atoms with Crippen molar-refractivity contribution in [3.8, 4) is 0 Å². The summed E-state index contributed by atoms with van der Waals surface area (Å²) < 4.78 is 16.8. The normalized spacial score (nSPS) is 13.2. The summed E-state index contributed by atoms with van der Waals surface area (Å²) >= 11 is 0. The summed E-state index contributed by atoms with van der Waals surface area (Å²) in [6.07, 6.45) is 84.2. The molecule has 0 bridgehead atoms. The van der Waals surface area contributed by atoms with Gasteiger partial charge >= 0.3 is 17.9 Å². The first-order valence-electron chi connectivity index (χ1n) is 28.8. The highest BCUT2D eigenvalue weighted by Crippen LogP contribution is 2.14. The van der Waals surface area contributed by atoms with Crippen LogP contribution in [0.2, 0.25) is 0 Å². The van der Waals surface area contributed by atoms with Gasteiger partial charge in [0.2, 0.25) is 0 Å². The van der Waals surface area contributed by atoms with E-state index in [0.717, 1.165) is 109 Å². The van der Waals surface area contributed by atoms with Gasteiger partial charge in [-0.1, -0.05) is 250 Å². The number of rotatable bonds is 50. The van der Waals surface area contributed by atoms with Crippen molar-refractivity contribution >= 4 is 17.9 Å². The number of unbranched alkanes of at least 4 members (excludes halogenated alkanes) is 15. The molecule has 6 heteroatoms. The Hall–Kier alpha value is -4.71. The standard InChI is InChI=1S/C66H104O6/c1-4-7-10-13-16-19-22-25-28-30-31-32-33-34-35-37-38-41-44-47-50-53-56-59-65(68)71-62-63(61-70-64(67)58-55-52-49-46-43-40-27-24-21-18-15-12-9-6-3)72-66(69)60-57-54-51-48-45-42-39-36-29-26-23-20-17-14-11-8-5-2/h7-8,10-11,16-17,19-20,25-26,28-29,31-32,34-35,38-39,41-42,47-48,50-51,63H,4-6,9,12-15,18,21-24,27,30,33,36-37,40,43-46,49,52-62H2,1-3H3/b10-7-,11-8-,19-16-,20-17-,28-25-,29-26-,32-31-,35-34-,41-38-,42-39-,50-47-,51-48-. The fourth-order valence-corrected chi connectivity index (χ4v) is 7.35. The van der Waals surface area contributed by atoms with E-state index in [1.165, 1.54) is 70.6 Å². The van der Waals surface area contributed by atoms with Gasteiger partial charge in [0.1, 0.15) is 13.2 Å². The molecule has 0 radical (unpaired) electrons. The molecule has 0 aromatic heterocycles. The molecule has 72 heavy (non-hydrogen) atoms. The molecule has 0 aromatic carbocycles. The van der Waals surface area contributed by atoms with Crippen LogP contribution in [0.3, 0.4) is 0 Å². The average Bonchev–Trinajstić information content (AvgIpc) is 3.38. The lowest BCUT2D eigenvalue weighted by Gasteiger charge is -2.18. The molecule has 0 aliphatic carbocycles. The first-order chi connectivity index (χ1) is 35.5. The largest absolute Gasteiger partial charge is 0.462 e. The van der Waals surface area contributed by atoms with Crippen LogP contribution in [-0.2, 0) is 28.6 Å². The Labute approximate surface area is 442 Å². The van der Waals surface area contributed by atoms with Crippen molar-refractivity contribution < 1.29 is 28.6 Å². The van der Waals surface area contributed by atoms with Crippen LogP contribution < -0.4 is 0 Å². The Balaban J connectivity index is 4.57. The van der Waals surface area contributed by atoms with E-state index in [2.05, 4.69) is 167 Å². The smallest absolute Gasteiger partial charge is 0.306 e. The predicted molar refractivity (Wildman–Crippen MR) is 311 cm³/mol. The lowest BCUT2D eigenvalue weighted by molar-refractivity contribution is -0.167. The first kappa shape index (κ1) is 67.3. The summed E-state index contributed by atoms with van der Waals surface area (Å²) in [7, 11) is 0. The van der Waals surface area contributed by atoms with Gasteiger partial charge in [-0.15, -0.1) is 0 Å². The zero-order valence-corrected chi connectivity index (χ0v) is 46.1. The minimum Gasteiger partial charge on any atom is -0.462 e. The third-order valence-corrected chi connectivity index (χ3v) is 11.6. The van der Waals surface area contributed by atoms with E-state index in [1.54, 1.807) is 0 Å². The van der Waals surface area contributed by atoms with Crippen molar-refractivity contribution in [2.24, 2.45) is 0 Å². The number of carbonyl (C=O) groups is 3. The Morgan fingerprint density at radius 2 is 0.542 bits per heavy atom. The highest BCUT2D eigenvalue weighted by atomic mass is 16.6. The molecule has 0 spiro atoms. The summed E-state index contributed by atoms with van der Waals surface area (Å²) in [5.74, 6) is -1.05. The van der Waals surface area contributed by atoms with Crippen LogP contribution in [0.15, 0.2) is 146 Å². The van der Waals surface area contributed by atoms with Crippen LogP contribution in [0.1, 0.15) is 233 Å². The Morgan fingerprint density at radius 1 is 0.292 bits per heavy atom. The molecule has 0 fully saturated rings. The third kappa shape index (κ3) is 56.2. The monoisotopic (exact) mass is 993 g/mol. The van der Waals surface area contributed by atoms with Gasteiger partial charge < -0.3 is 14.2 Å². The highest BCUT2D eigenvalue weighted by Gasteiger charge is 2.19. The van der Waals surface area contributed by atoms with Gasteiger partial charge in [-0.2, -0.15) is 0 Å². The lowest BCUT2D eigenvalue weighted by Crippen LogP contribution is -2.30. The van der Waals surface area contributed by atoms with Crippen molar-refractivity contribution in [1.82, 2.24) is 0 Å². The molecule has 0 aliphatic heterocycles. The predicted octanol–water partition coefficient (Wildman–Crippen LogP) is 19.6. The van der Waals surface area contributed by atoms with Gasteiger partial charge in [0.15, 0.2) is 6.10 Å². The number of hydrogen-bond acceptors (Lipinski definition) is 6. The van der Waals surface area contributed by atoms with Crippen molar-refractivity contribution in [2.75, 3.05) is 13.2 Å². The van der Waals surface area contributed by atoms with Crippen LogP contribution in [0.5, 0.6) is 0 Å². The fourth-order valence-electron chi connectivity index (χ4n) is 7.35. The quantitative estimate of drug-likeness (QED) is 0.0261. The van der Waals surface area contributed by atoms with E-state index in [-0.39, 0.29) is 44.0 Å². The van der Waals surface area contributed by atoms with E-state index >= 15 is 0 Å². The number of hydrogen-bond donors (Lipinski definition) is 0. The van der Waals surface area contributed by atoms with Crippen molar-refractivity contribution in [1.29, 1.82) is 0 Å². The molecule has 0 amide bonds. The van der Waals surface area contributed by atoms with Crippen molar-refractivity contribution in [3.05, 3.63) is 146 Å². The first-order valence-corrected chi connectivity index (χ1v) is 28.8. The number of allylic oxidation sites excluding steroid dienone is 24. The molecular formula is C66H104O6. The molecule has 0 N–H and O–H groups in total. The van der Waals surface area contributed by atoms with Crippen LogP contribution in [0.25, 0.3) is 0 Å². The second-order valence-corrected chi connectivity index (χ2v) is 18.4. The van der Waals surface area contributed by atoms with Gasteiger partial charge in [0.05, 0.1) is 0 Å². The van der Waals surface area contributed by atoms with E-state index in [4.69, 9.17) is 14.2 Å². The van der Waals surface area contributed by atoms with Gasteiger partial charge in [0, 0.05) is 19.3 Å². The number of ether oxygens (including phenoxy) is 3. The van der Waals surface area contributed by atoms with Gasteiger partial charge in [-0.05, 0) is 109 Å². The second-order valence-electron chi connectivity index (χ2n) is 18.4. The third-order valence-electron chi connectivity index (χ3n) is 11.6. The maximum Gasteiger partial charge on any atom is 0.306 e. The average molecular weight is 994 g/mol. The van der Waals surface area contributed by atoms with Crippen LogP contribution in [0.4, 0.5) is 0 Å². The minimum absolute atomic E-state index is 0.122. The fraction of sp³-hybridized carbons (Fsp3) is 0.591. The Bertz CT molecular complexity index is 1610. The van der Waals surface area contributed by atoms with Crippen LogP contribution in [-0.4, -0.2) is 37.2 Å². The summed E-state index contributed by atoms with van der Waals surface area (Å²) in [6.45, 7) is 6.31. The molecule has 6 nitrogen and oxygen atoms in total. The van der Waals surface area contributed by atoms with E-state index < -0.39 is 6.10 Å². The molecule has 1 unspecified atom stereocenters. The van der Waals surface area contributed by atoms with Crippen LogP contribution in [0, 0.1) is 0 Å². The molecular weight excluding hydrogens is 889 g/mol. The van der Waals surface area contributed by atoms with Gasteiger partial charge in [0.25, 0.3) is 0 Å². The second kappa shape index (κ2) is 58.9. The summed E-state index contributed by atoms with van der Waals surface area (Å²) in [5, 5.41) is 0. The van der Waals surface area contributed by atoms with E-state index in [9.17, 15) is 14.4 Å². The highest BCUT2D eigenvalue weighted by molar-refractivity contribution is 5.71. The van der Waals surface area contributed by atoms with Crippen LogP contribution >= 0.6 is 0 Å². The molecule has 0 saturated carbocycles. The Kier molecular flexibility index (Phi) is 55.0. The molecule has 1 atom stereocenters. The van der Waals surface area contributed by atoms with E-state index in [1.807, 2.05) is 0 Å². The Morgan fingerprint density at radius 3 is 0.847 bits per heavy atom. The zero-order chi connectivity index (χ0) is 52.2. The SMILES string of the molecule is CC/C=C\C/C=C\C/C=C\C/C=C\C/C=C\C/C=C\C/C=C\CCCC(=O)OCC(COC(=O)CCCCCCCCCCCCCCCC)OC(=O)CCC/C=C\C/C=C\C/C=C\C/C=C\C/C=C\CC. The van der Waals surface area contributed by atoms with Gasteiger partial charge in [-0.3, -0.25) is 14.4 Å². The number of carbonyl (C=O) groups excluding carboxylic acids is 3. The van der Waals surface area contributed by atoms with Crippen molar-refractivity contribution in [3.63, 3.8) is 0 Å². The summed E-state index contributed by atoms with van der Waals surface area (Å²) in [4.78, 5) is 38.1. The van der Waals surface area contributed by atoms with Gasteiger partial charge in [-0.25, -0.2) is 0 Å². The maximum atomic E-state index is 12.8. The molecule has 0 saturated heterocycles. The maximum absolute atomic E-state index is 12.8. The molecule has 0 aliphatic rings. The lowest BCUT2D eigenvalue weighted by atomic mass is 10.0. The van der Waals surface area contributed by atoms with E-state index in [0.29, 0.717) is 19.3 Å². The molecule has 0 aromatic rings. The molecule has 404 valence electrons. The minimum atomic E-state index is -0.836. The summed E-state index contributed by atoms with van der Waals surface area (Å²) in [5.41, 5.74) is 0. The summed E-state index contributed by atoms with van der Waals surface area (Å²) in [6, 6.07) is 0. The topological polar surface area (TPSA) is 78.9 Å². The number of esters is 3.